The predicted octanol–water partition coefficient (Wildman–Crippen LogP) is 4.69. The highest BCUT2D eigenvalue weighted by Crippen LogP contribution is 2.27. The summed E-state index contributed by atoms with van der Waals surface area (Å²) >= 11 is 6.07. The summed E-state index contributed by atoms with van der Waals surface area (Å²) in [6, 6.07) is 17.9. The Balaban J connectivity index is 1.73. The summed E-state index contributed by atoms with van der Waals surface area (Å²) in [5, 5.41) is 4.06. The number of anilines is 3. The first kappa shape index (κ1) is 17.8. The van der Waals surface area contributed by atoms with Crippen molar-refractivity contribution in [1.82, 2.24) is 9.97 Å². The zero-order valence-electron chi connectivity index (χ0n) is 15.2. The van der Waals surface area contributed by atoms with Crippen LogP contribution in [0.3, 0.4) is 0 Å². The Morgan fingerprint density at radius 3 is 2.52 bits per heavy atom. The van der Waals surface area contributed by atoms with Crippen LogP contribution < -0.4 is 10.2 Å². The van der Waals surface area contributed by atoms with Crippen molar-refractivity contribution in [3.05, 3.63) is 65.2 Å². The van der Waals surface area contributed by atoms with Gasteiger partial charge in [-0.1, -0.05) is 41.9 Å². The minimum Gasteiger partial charge on any atom is -0.378 e. The standard InChI is InChI=1S/C21H21ClN4O/c1-15-13-17(22)7-8-18(15)23-21-24-19(16-5-3-2-4-6-16)14-20(25-21)26-9-11-27-12-10-26/h2-8,13-14H,9-12H2,1H3,(H,23,24,25). The van der Waals surface area contributed by atoms with Gasteiger partial charge in [-0.3, -0.25) is 0 Å². The van der Waals surface area contributed by atoms with Crippen LogP contribution in [-0.4, -0.2) is 36.3 Å². The highest BCUT2D eigenvalue weighted by Gasteiger charge is 2.16. The third-order valence-corrected chi connectivity index (χ3v) is 4.79. The van der Waals surface area contributed by atoms with Gasteiger partial charge in [0.1, 0.15) is 5.82 Å². The Labute approximate surface area is 164 Å². The summed E-state index contributed by atoms with van der Waals surface area (Å²) in [5.74, 6) is 1.48. The third-order valence-electron chi connectivity index (χ3n) is 4.55. The van der Waals surface area contributed by atoms with E-state index in [1.165, 1.54) is 0 Å². The van der Waals surface area contributed by atoms with E-state index in [1.807, 2.05) is 49.4 Å². The second-order valence-corrected chi connectivity index (χ2v) is 6.92. The Morgan fingerprint density at radius 1 is 1.00 bits per heavy atom. The van der Waals surface area contributed by atoms with Crippen molar-refractivity contribution in [2.24, 2.45) is 0 Å². The molecule has 2 heterocycles. The van der Waals surface area contributed by atoms with E-state index < -0.39 is 0 Å². The Kier molecular flexibility index (Phi) is 5.23. The molecule has 2 aromatic carbocycles. The molecular formula is C21H21ClN4O. The number of aromatic nitrogens is 2. The van der Waals surface area contributed by atoms with Crippen LogP contribution in [0.5, 0.6) is 0 Å². The lowest BCUT2D eigenvalue weighted by Crippen LogP contribution is -2.36. The highest BCUT2D eigenvalue weighted by atomic mass is 35.5. The number of hydrogen-bond acceptors (Lipinski definition) is 5. The Bertz CT molecular complexity index is 927. The third kappa shape index (κ3) is 4.21. The van der Waals surface area contributed by atoms with Crippen molar-refractivity contribution in [2.45, 2.75) is 6.92 Å². The van der Waals surface area contributed by atoms with Gasteiger partial charge in [0.05, 0.1) is 18.9 Å². The quantitative estimate of drug-likeness (QED) is 0.711. The molecule has 5 nitrogen and oxygen atoms in total. The van der Waals surface area contributed by atoms with Gasteiger partial charge in [-0.15, -0.1) is 0 Å². The maximum Gasteiger partial charge on any atom is 0.229 e. The SMILES string of the molecule is Cc1cc(Cl)ccc1Nc1nc(-c2ccccc2)cc(N2CCOCC2)n1. The summed E-state index contributed by atoms with van der Waals surface area (Å²) in [5.41, 5.74) is 3.94. The lowest BCUT2D eigenvalue weighted by atomic mass is 10.1. The van der Waals surface area contributed by atoms with Crippen molar-refractivity contribution in [1.29, 1.82) is 0 Å². The van der Waals surface area contributed by atoms with E-state index >= 15 is 0 Å². The number of morpholine rings is 1. The summed E-state index contributed by atoms with van der Waals surface area (Å²) in [4.78, 5) is 11.7. The molecule has 0 aliphatic carbocycles. The molecule has 3 aromatic rings. The first-order valence-corrected chi connectivity index (χ1v) is 9.37. The fourth-order valence-electron chi connectivity index (χ4n) is 3.09. The van der Waals surface area contributed by atoms with Gasteiger partial charge in [0.25, 0.3) is 0 Å². The predicted molar refractivity (Wildman–Crippen MR) is 110 cm³/mol. The van der Waals surface area contributed by atoms with Crippen LogP contribution in [0.1, 0.15) is 5.56 Å². The van der Waals surface area contributed by atoms with Gasteiger partial charge in [0.15, 0.2) is 0 Å². The van der Waals surface area contributed by atoms with Crippen LogP contribution in [0.25, 0.3) is 11.3 Å². The molecule has 1 aliphatic heterocycles. The molecule has 0 amide bonds. The van der Waals surface area contributed by atoms with Crippen LogP contribution >= 0.6 is 11.6 Å². The molecule has 0 spiro atoms. The van der Waals surface area contributed by atoms with E-state index in [9.17, 15) is 0 Å². The number of ether oxygens (including phenoxy) is 1. The number of nitrogens with one attached hydrogen (secondary N) is 1. The summed E-state index contributed by atoms with van der Waals surface area (Å²) in [6.45, 7) is 5.08. The molecule has 1 aromatic heterocycles. The van der Waals surface area contributed by atoms with E-state index in [2.05, 4.69) is 22.3 Å². The van der Waals surface area contributed by atoms with Crippen LogP contribution in [0.2, 0.25) is 5.02 Å². The zero-order valence-corrected chi connectivity index (χ0v) is 15.9. The number of halogens is 1. The molecule has 0 radical (unpaired) electrons. The molecule has 27 heavy (non-hydrogen) atoms. The van der Waals surface area contributed by atoms with Gasteiger partial charge >= 0.3 is 0 Å². The summed E-state index contributed by atoms with van der Waals surface area (Å²) in [7, 11) is 0. The van der Waals surface area contributed by atoms with Gasteiger partial charge in [0, 0.05) is 35.4 Å². The average molecular weight is 381 g/mol. The number of rotatable bonds is 4. The monoisotopic (exact) mass is 380 g/mol. The van der Waals surface area contributed by atoms with E-state index in [1.54, 1.807) is 0 Å². The van der Waals surface area contributed by atoms with Gasteiger partial charge in [-0.25, -0.2) is 4.98 Å². The van der Waals surface area contributed by atoms with Crippen LogP contribution in [0, 0.1) is 6.92 Å². The molecule has 1 N–H and O–H groups in total. The van der Waals surface area contributed by atoms with Gasteiger partial charge in [-0.2, -0.15) is 4.98 Å². The van der Waals surface area contributed by atoms with E-state index in [0.29, 0.717) is 24.2 Å². The number of hydrogen-bond donors (Lipinski definition) is 1. The van der Waals surface area contributed by atoms with Gasteiger partial charge < -0.3 is 15.0 Å². The maximum absolute atomic E-state index is 6.07. The van der Waals surface area contributed by atoms with Crippen molar-refractivity contribution in [2.75, 3.05) is 36.5 Å². The lowest BCUT2D eigenvalue weighted by Gasteiger charge is -2.28. The van der Waals surface area contributed by atoms with Crippen LogP contribution in [0.4, 0.5) is 17.5 Å². The summed E-state index contributed by atoms with van der Waals surface area (Å²) < 4.78 is 5.48. The van der Waals surface area contributed by atoms with Gasteiger partial charge in [0.2, 0.25) is 5.95 Å². The Hall–Kier alpha value is -2.63. The molecule has 0 bridgehead atoms. The second kappa shape index (κ2) is 7.94. The maximum atomic E-state index is 6.07. The second-order valence-electron chi connectivity index (χ2n) is 6.48. The molecule has 138 valence electrons. The summed E-state index contributed by atoms with van der Waals surface area (Å²) in [6.07, 6.45) is 0. The average Bonchev–Trinajstić information content (AvgIpc) is 2.71. The van der Waals surface area contributed by atoms with E-state index in [0.717, 1.165) is 41.4 Å². The first-order chi connectivity index (χ1) is 13.2. The van der Waals surface area contributed by atoms with E-state index in [4.69, 9.17) is 26.3 Å². The molecule has 0 unspecified atom stereocenters. The van der Waals surface area contributed by atoms with Crippen molar-refractivity contribution in [3.8, 4) is 11.3 Å². The topological polar surface area (TPSA) is 50.3 Å². The van der Waals surface area contributed by atoms with Crippen molar-refractivity contribution in [3.63, 3.8) is 0 Å². The molecule has 1 fully saturated rings. The fourth-order valence-corrected chi connectivity index (χ4v) is 3.32. The molecule has 0 atom stereocenters. The first-order valence-electron chi connectivity index (χ1n) is 8.99. The molecule has 4 rings (SSSR count). The number of aryl methyl sites for hydroxylation is 1. The molecular weight excluding hydrogens is 360 g/mol. The molecule has 1 saturated heterocycles. The minimum absolute atomic E-state index is 0.572. The normalized spacial score (nSPS) is 14.2. The number of benzene rings is 2. The Morgan fingerprint density at radius 2 is 1.78 bits per heavy atom. The lowest BCUT2D eigenvalue weighted by molar-refractivity contribution is 0.122. The molecule has 0 saturated carbocycles. The van der Waals surface area contributed by atoms with Gasteiger partial charge in [-0.05, 0) is 30.7 Å². The molecule has 1 aliphatic rings. The fraction of sp³-hybridized carbons (Fsp3) is 0.238. The molecule has 6 heteroatoms. The highest BCUT2D eigenvalue weighted by molar-refractivity contribution is 6.30. The minimum atomic E-state index is 0.572. The van der Waals surface area contributed by atoms with Crippen LogP contribution in [0.15, 0.2) is 54.6 Å². The van der Waals surface area contributed by atoms with E-state index in [-0.39, 0.29) is 0 Å². The van der Waals surface area contributed by atoms with Crippen molar-refractivity contribution < 1.29 is 4.74 Å². The zero-order chi connectivity index (χ0) is 18.6. The van der Waals surface area contributed by atoms with Crippen molar-refractivity contribution >= 4 is 29.1 Å². The van der Waals surface area contributed by atoms with Crippen LogP contribution in [-0.2, 0) is 4.74 Å². The largest absolute Gasteiger partial charge is 0.378 e. The number of nitrogens with zero attached hydrogens (tertiary/aromatic N) is 3. The smallest absolute Gasteiger partial charge is 0.229 e.